The van der Waals surface area contributed by atoms with Gasteiger partial charge in [-0.25, -0.2) is 4.79 Å². The van der Waals surface area contributed by atoms with Gasteiger partial charge in [0.1, 0.15) is 12.4 Å². The van der Waals surface area contributed by atoms with Crippen molar-refractivity contribution in [2.45, 2.75) is 33.0 Å². The molecule has 0 saturated heterocycles. The van der Waals surface area contributed by atoms with Crippen molar-refractivity contribution in [3.8, 4) is 27.6 Å². The molecule has 0 spiro atoms. The first-order valence-electron chi connectivity index (χ1n) is 10.9. The van der Waals surface area contributed by atoms with Crippen LogP contribution in [0.3, 0.4) is 0 Å². The highest BCUT2D eigenvalue weighted by molar-refractivity contribution is 7.15. The van der Waals surface area contributed by atoms with Gasteiger partial charge in [-0.2, -0.15) is 4.80 Å². The van der Waals surface area contributed by atoms with Gasteiger partial charge in [-0.1, -0.05) is 36.4 Å². The summed E-state index contributed by atoms with van der Waals surface area (Å²) in [5.41, 5.74) is 4.12. The number of thiophene rings is 1. The van der Waals surface area contributed by atoms with Crippen LogP contribution in [-0.2, 0) is 29.6 Å². The molecule has 2 aromatic heterocycles. The van der Waals surface area contributed by atoms with Crippen molar-refractivity contribution in [2.24, 2.45) is 7.05 Å². The summed E-state index contributed by atoms with van der Waals surface area (Å²) < 4.78 is 11.3. The molecule has 0 fully saturated rings. The predicted octanol–water partition coefficient (Wildman–Crippen LogP) is 4.53. The minimum Gasteiger partial charge on any atom is -0.488 e. The average molecular weight is 479 g/mol. The van der Waals surface area contributed by atoms with Crippen molar-refractivity contribution in [1.29, 1.82) is 0 Å². The third kappa shape index (κ3) is 5.67. The van der Waals surface area contributed by atoms with Crippen LogP contribution in [-0.4, -0.2) is 44.0 Å². The normalized spacial score (nSPS) is 12.0. The standard InChI is InChI=1S/C25H26N4O4S/c1-4-32-21(25(30)31)14-17-5-11-20(12-6-17)33-15-23-16(2)13-22(34-23)18-7-9-19(10-8-18)24-26-28-29(3)27-24/h5-13,21H,4,14-15H2,1-3H3,(H,30,31). The van der Waals surface area contributed by atoms with Gasteiger partial charge in [0.2, 0.25) is 5.82 Å². The van der Waals surface area contributed by atoms with E-state index in [4.69, 9.17) is 9.47 Å². The van der Waals surface area contributed by atoms with Crippen LogP contribution in [0.25, 0.3) is 21.8 Å². The number of carboxylic acid groups (broad SMARTS) is 1. The van der Waals surface area contributed by atoms with Gasteiger partial charge in [-0.15, -0.1) is 21.5 Å². The summed E-state index contributed by atoms with van der Waals surface area (Å²) in [6, 6.07) is 17.8. The molecule has 8 nitrogen and oxygen atoms in total. The van der Waals surface area contributed by atoms with E-state index in [9.17, 15) is 9.90 Å². The highest BCUT2D eigenvalue weighted by Crippen LogP contribution is 2.33. The van der Waals surface area contributed by atoms with Crippen LogP contribution in [0.4, 0.5) is 0 Å². The molecule has 9 heteroatoms. The molecule has 4 aromatic rings. The molecule has 0 aliphatic carbocycles. The van der Waals surface area contributed by atoms with E-state index in [0.717, 1.165) is 27.3 Å². The fraction of sp³-hybridized carbons (Fsp3) is 0.280. The van der Waals surface area contributed by atoms with Crippen molar-refractivity contribution < 1.29 is 19.4 Å². The van der Waals surface area contributed by atoms with Crippen LogP contribution in [0.2, 0.25) is 0 Å². The van der Waals surface area contributed by atoms with Crippen molar-refractivity contribution in [3.05, 3.63) is 70.6 Å². The van der Waals surface area contributed by atoms with E-state index in [0.29, 0.717) is 25.5 Å². The molecule has 2 aromatic carbocycles. The maximum Gasteiger partial charge on any atom is 0.333 e. The van der Waals surface area contributed by atoms with Crippen molar-refractivity contribution in [1.82, 2.24) is 20.2 Å². The third-order valence-electron chi connectivity index (χ3n) is 5.31. The quantitative estimate of drug-likeness (QED) is 0.358. The van der Waals surface area contributed by atoms with E-state index in [1.807, 2.05) is 36.4 Å². The highest BCUT2D eigenvalue weighted by Gasteiger charge is 2.18. The fourth-order valence-corrected chi connectivity index (χ4v) is 4.58. The number of carbonyl (C=O) groups is 1. The topological polar surface area (TPSA) is 99.4 Å². The number of aromatic nitrogens is 4. The van der Waals surface area contributed by atoms with Crippen LogP contribution >= 0.6 is 11.3 Å². The fourth-order valence-electron chi connectivity index (χ4n) is 3.49. The molecule has 0 saturated carbocycles. The molecule has 1 N–H and O–H groups in total. The summed E-state index contributed by atoms with van der Waals surface area (Å²) in [6.45, 7) is 4.70. The molecule has 0 aliphatic rings. The van der Waals surface area contributed by atoms with Crippen LogP contribution in [0.15, 0.2) is 54.6 Å². The number of aliphatic carboxylic acids is 1. The van der Waals surface area contributed by atoms with E-state index >= 15 is 0 Å². The molecule has 4 rings (SSSR count). The molecular formula is C25H26N4O4S. The summed E-state index contributed by atoms with van der Waals surface area (Å²) in [5, 5.41) is 21.4. The molecule has 34 heavy (non-hydrogen) atoms. The number of rotatable bonds is 10. The van der Waals surface area contributed by atoms with Gasteiger partial charge in [-0.05, 0) is 54.0 Å². The molecule has 176 valence electrons. The molecule has 1 unspecified atom stereocenters. The molecular weight excluding hydrogens is 452 g/mol. The van der Waals surface area contributed by atoms with Crippen LogP contribution in [0.1, 0.15) is 22.9 Å². The predicted molar refractivity (Wildman–Crippen MR) is 130 cm³/mol. The lowest BCUT2D eigenvalue weighted by atomic mass is 10.1. The first-order chi connectivity index (χ1) is 16.4. The minimum absolute atomic E-state index is 0.322. The van der Waals surface area contributed by atoms with Gasteiger partial charge >= 0.3 is 5.97 Å². The Labute approximate surface area is 201 Å². The smallest absolute Gasteiger partial charge is 0.333 e. The maximum atomic E-state index is 11.3. The Morgan fingerprint density at radius 3 is 2.44 bits per heavy atom. The lowest BCUT2D eigenvalue weighted by Gasteiger charge is -2.13. The van der Waals surface area contributed by atoms with Gasteiger partial charge in [0.05, 0.1) is 7.05 Å². The third-order valence-corrected chi connectivity index (χ3v) is 6.57. The second-order valence-corrected chi connectivity index (χ2v) is 8.95. The highest BCUT2D eigenvalue weighted by atomic mass is 32.1. The van der Waals surface area contributed by atoms with E-state index in [2.05, 4.69) is 40.5 Å². The molecule has 0 bridgehead atoms. The minimum atomic E-state index is -0.953. The Balaban J connectivity index is 1.38. The lowest BCUT2D eigenvalue weighted by Crippen LogP contribution is -2.26. The van der Waals surface area contributed by atoms with Gasteiger partial charge < -0.3 is 14.6 Å². The summed E-state index contributed by atoms with van der Waals surface area (Å²) in [7, 11) is 1.74. The van der Waals surface area contributed by atoms with E-state index in [1.54, 1.807) is 25.3 Å². The Hall–Kier alpha value is -3.56. The van der Waals surface area contributed by atoms with Gasteiger partial charge in [0, 0.05) is 28.3 Å². The first kappa shape index (κ1) is 23.6. The van der Waals surface area contributed by atoms with Crippen molar-refractivity contribution in [2.75, 3.05) is 6.61 Å². The summed E-state index contributed by atoms with van der Waals surface area (Å²) in [6.07, 6.45) is -0.516. The SMILES string of the molecule is CCOC(Cc1ccc(OCc2sc(-c3ccc(-c4nnn(C)n4)cc3)cc2C)cc1)C(=O)O. The monoisotopic (exact) mass is 478 g/mol. The zero-order chi connectivity index (χ0) is 24.1. The number of nitrogens with zero attached hydrogens (tertiary/aromatic N) is 4. The van der Waals surface area contributed by atoms with Gasteiger partial charge in [0.15, 0.2) is 6.10 Å². The zero-order valence-electron chi connectivity index (χ0n) is 19.3. The first-order valence-corrected chi connectivity index (χ1v) is 11.7. The Morgan fingerprint density at radius 1 is 1.12 bits per heavy atom. The van der Waals surface area contributed by atoms with Crippen molar-refractivity contribution >= 4 is 17.3 Å². The largest absolute Gasteiger partial charge is 0.488 e. The number of hydrogen-bond donors (Lipinski definition) is 1. The number of aryl methyl sites for hydroxylation is 2. The Kier molecular flexibility index (Phi) is 7.34. The second kappa shape index (κ2) is 10.6. The van der Waals surface area contributed by atoms with Crippen LogP contribution in [0, 0.1) is 6.92 Å². The average Bonchev–Trinajstić information content (AvgIpc) is 3.43. The summed E-state index contributed by atoms with van der Waals surface area (Å²) >= 11 is 1.70. The second-order valence-electron chi connectivity index (χ2n) is 7.82. The number of tetrazole rings is 1. The van der Waals surface area contributed by atoms with E-state index < -0.39 is 12.1 Å². The Bertz CT molecular complexity index is 1250. The molecule has 0 aliphatic heterocycles. The molecule has 1 atom stereocenters. The molecule has 0 radical (unpaired) electrons. The maximum absolute atomic E-state index is 11.3. The van der Waals surface area contributed by atoms with Crippen LogP contribution in [0.5, 0.6) is 5.75 Å². The lowest BCUT2D eigenvalue weighted by molar-refractivity contribution is -0.149. The zero-order valence-corrected chi connectivity index (χ0v) is 20.1. The number of carboxylic acids is 1. The van der Waals surface area contributed by atoms with E-state index in [-0.39, 0.29) is 0 Å². The Morgan fingerprint density at radius 2 is 1.82 bits per heavy atom. The van der Waals surface area contributed by atoms with Crippen LogP contribution < -0.4 is 4.74 Å². The van der Waals surface area contributed by atoms with Gasteiger partial charge in [-0.3, -0.25) is 0 Å². The summed E-state index contributed by atoms with van der Waals surface area (Å²) in [4.78, 5) is 15.0. The number of hydrogen-bond acceptors (Lipinski definition) is 7. The van der Waals surface area contributed by atoms with Gasteiger partial charge in [0.25, 0.3) is 0 Å². The number of benzene rings is 2. The molecule has 2 heterocycles. The number of ether oxygens (including phenoxy) is 2. The summed E-state index contributed by atoms with van der Waals surface area (Å²) in [5.74, 6) is 0.390. The van der Waals surface area contributed by atoms with E-state index in [1.165, 1.54) is 15.2 Å². The van der Waals surface area contributed by atoms with Crippen molar-refractivity contribution in [3.63, 3.8) is 0 Å². The molecule has 0 amide bonds.